The fourth-order valence-electron chi connectivity index (χ4n) is 2.05. The molecule has 0 fully saturated rings. The first-order valence-electron chi connectivity index (χ1n) is 6.07. The van der Waals surface area contributed by atoms with Gasteiger partial charge in [0.25, 0.3) is 0 Å². The number of para-hydroxylation sites is 1. The number of aromatic nitrogens is 2. The lowest BCUT2D eigenvalue weighted by atomic mass is 10.1. The molecule has 1 unspecified atom stereocenters. The van der Waals surface area contributed by atoms with E-state index < -0.39 is 0 Å². The molecular formula is C14H14N4S. The third-order valence-corrected chi connectivity index (χ3v) is 4.09. The first-order valence-corrected chi connectivity index (χ1v) is 6.89. The lowest BCUT2D eigenvalue weighted by Crippen LogP contribution is -2.29. The fourth-order valence-corrected chi connectivity index (χ4v) is 3.06. The van der Waals surface area contributed by atoms with Gasteiger partial charge in [-0.25, -0.2) is 4.98 Å². The molecule has 1 aromatic carbocycles. The third kappa shape index (κ3) is 2.63. The second kappa shape index (κ2) is 5.44. The molecule has 4 nitrogen and oxygen atoms in total. The molecule has 0 saturated carbocycles. The summed E-state index contributed by atoms with van der Waals surface area (Å²) in [6, 6.07) is 12.2. The van der Waals surface area contributed by atoms with Gasteiger partial charge in [0.05, 0.1) is 21.3 Å². The van der Waals surface area contributed by atoms with Gasteiger partial charge in [-0.3, -0.25) is 16.3 Å². The van der Waals surface area contributed by atoms with Crippen LogP contribution in [0.4, 0.5) is 0 Å². The minimum atomic E-state index is 0.0589. The van der Waals surface area contributed by atoms with Crippen molar-refractivity contribution in [2.75, 3.05) is 0 Å². The van der Waals surface area contributed by atoms with Crippen molar-refractivity contribution in [2.45, 2.75) is 12.5 Å². The topological polar surface area (TPSA) is 63.8 Å². The van der Waals surface area contributed by atoms with Crippen molar-refractivity contribution in [3.8, 4) is 0 Å². The highest BCUT2D eigenvalue weighted by molar-refractivity contribution is 7.18. The molecule has 3 N–H and O–H groups in total. The average Bonchev–Trinajstić information content (AvgIpc) is 2.88. The van der Waals surface area contributed by atoms with Crippen LogP contribution in [0.15, 0.2) is 48.8 Å². The first kappa shape index (κ1) is 12.2. The van der Waals surface area contributed by atoms with Crippen LogP contribution in [-0.4, -0.2) is 9.97 Å². The highest BCUT2D eigenvalue weighted by Crippen LogP contribution is 2.25. The highest BCUT2D eigenvalue weighted by atomic mass is 32.1. The van der Waals surface area contributed by atoms with Crippen molar-refractivity contribution < 1.29 is 0 Å². The molecule has 19 heavy (non-hydrogen) atoms. The van der Waals surface area contributed by atoms with Crippen LogP contribution in [0, 0.1) is 0 Å². The summed E-state index contributed by atoms with van der Waals surface area (Å²) < 4.78 is 1.21. The lowest BCUT2D eigenvalue weighted by Gasteiger charge is -2.14. The summed E-state index contributed by atoms with van der Waals surface area (Å²) in [5.41, 5.74) is 5.02. The van der Waals surface area contributed by atoms with Crippen molar-refractivity contribution in [3.05, 3.63) is 59.4 Å². The minimum absolute atomic E-state index is 0.0589. The van der Waals surface area contributed by atoms with E-state index in [0.29, 0.717) is 0 Å². The quantitative estimate of drug-likeness (QED) is 0.564. The van der Waals surface area contributed by atoms with Gasteiger partial charge in [0.1, 0.15) is 0 Å². The zero-order valence-corrected chi connectivity index (χ0v) is 11.1. The van der Waals surface area contributed by atoms with E-state index in [0.717, 1.165) is 22.5 Å². The smallest absolute Gasteiger partial charge is 0.0958 e. The second-order valence-electron chi connectivity index (χ2n) is 4.28. The van der Waals surface area contributed by atoms with E-state index in [4.69, 9.17) is 5.84 Å². The van der Waals surface area contributed by atoms with E-state index in [1.54, 1.807) is 23.7 Å². The molecule has 0 bridgehead atoms. The van der Waals surface area contributed by atoms with Crippen LogP contribution in [0.25, 0.3) is 10.2 Å². The molecule has 3 rings (SSSR count). The van der Waals surface area contributed by atoms with Crippen LogP contribution in [0.3, 0.4) is 0 Å². The standard InChI is InChI=1S/C14H14N4S/c15-18-12(10-5-7-16-8-6-10)9-14-17-11-3-1-2-4-13(11)19-14/h1-8,12,18H,9,15H2. The average molecular weight is 270 g/mol. The second-order valence-corrected chi connectivity index (χ2v) is 5.39. The predicted octanol–water partition coefficient (Wildman–Crippen LogP) is 2.44. The molecule has 5 heteroatoms. The van der Waals surface area contributed by atoms with Crippen molar-refractivity contribution in [3.63, 3.8) is 0 Å². The summed E-state index contributed by atoms with van der Waals surface area (Å²) in [5.74, 6) is 5.65. The number of hydrogen-bond donors (Lipinski definition) is 2. The van der Waals surface area contributed by atoms with E-state index in [-0.39, 0.29) is 6.04 Å². The molecule has 0 saturated heterocycles. The maximum absolute atomic E-state index is 5.65. The Morgan fingerprint density at radius 1 is 1.16 bits per heavy atom. The summed E-state index contributed by atoms with van der Waals surface area (Å²) in [7, 11) is 0. The van der Waals surface area contributed by atoms with Crippen molar-refractivity contribution >= 4 is 21.6 Å². The summed E-state index contributed by atoms with van der Waals surface area (Å²) >= 11 is 1.71. The fraction of sp³-hybridized carbons (Fsp3) is 0.143. The number of rotatable bonds is 4. The van der Waals surface area contributed by atoms with Crippen molar-refractivity contribution in [2.24, 2.45) is 5.84 Å². The van der Waals surface area contributed by atoms with Gasteiger partial charge >= 0.3 is 0 Å². The number of hydrogen-bond acceptors (Lipinski definition) is 5. The number of fused-ring (bicyclic) bond motifs is 1. The Morgan fingerprint density at radius 3 is 2.68 bits per heavy atom. The van der Waals surface area contributed by atoms with Crippen LogP contribution < -0.4 is 11.3 Å². The number of nitrogens with two attached hydrogens (primary N) is 1. The summed E-state index contributed by atoms with van der Waals surface area (Å²) in [5, 5.41) is 1.08. The van der Waals surface area contributed by atoms with Crippen molar-refractivity contribution in [1.82, 2.24) is 15.4 Å². The number of nitrogens with zero attached hydrogens (tertiary/aromatic N) is 2. The number of hydrazine groups is 1. The molecule has 0 aliphatic heterocycles. The molecule has 3 aromatic rings. The molecule has 0 aliphatic rings. The molecule has 2 aromatic heterocycles. The Morgan fingerprint density at radius 2 is 1.95 bits per heavy atom. The molecular weight excluding hydrogens is 256 g/mol. The largest absolute Gasteiger partial charge is 0.271 e. The van der Waals surface area contributed by atoms with Crippen LogP contribution in [0.5, 0.6) is 0 Å². The lowest BCUT2D eigenvalue weighted by molar-refractivity contribution is 0.550. The van der Waals surface area contributed by atoms with Gasteiger partial charge in [0, 0.05) is 18.8 Å². The molecule has 0 aliphatic carbocycles. The van der Waals surface area contributed by atoms with E-state index in [1.807, 2.05) is 30.3 Å². The molecule has 96 valence electrons. The molecule has 0 spiro atoms. The number of benzene rings is 1. The highest BCUT2D eigenvalue weighted by Gasteiger charge is 2.13. The van der Waals surface area contributed by atoms with Gasteiger partial charge in [0.15, 0.2) is 0 Å². The zero-order valence-electron chi connectivity index (χ0n) is 10.3. The summed E-state index contributed by atoms with van der Waals surface area (Å²) in [6.45, 7) is 0. The van der Waals surface area contributed by atoms with Gasteiger partial charge in [-0.1, -0.05) is 12.1 Å². The van der Waals surface area contributed by atoms with Crippen LogP contribution in [-0.2, 0) is 6.42 Å². The monoisotopic (exact) mass is 270 g/mol. The molecule has 0 amide bonds. The SMILES string of the molecule is NNC(Cc1nc2ccccc2s1)c1ccncc1. The van der Waals surface area contributed by atoms with E-state index >= 15 is 0 Å². The Labute approximate surface area is 115 Å². The number of nitrogens with one attached hydrogen (secondary N) is 1. The van der Waals surface area contributed by atoms with Gasteiger partial charge in [-0.2, -0.15) is 0 Å². The molecule has 0 radical (unpaired) electrons. The van der Waals surface area contributed by atoms with Crippen LogP contribution in [0.1, 0.15) is 16.6 Å². The van der Waals surface area contributed by atoms with E-state index in [2.05, 4.69) is 21.5 Å². The maximum atomic E-state index is 5.65. The Bertz CT molecular complexity index is 632. The van der Waals surface area contributed by atoms with Gasteiger partial charge in [-0.15, -0.1) is 11.3 Å². The Balaban J connectivity index is 1.86. The minimum Gasteiger partial charge on any atom is -0.271 e. The van der Waals surface area contributed by atoms with Crippen LogP contribution >= 0.6 is 11.3 Å². The Hall–Kier alpha value is -1.82. The molecule has 1 atom stereocenters. The van der Waals surface area contributed by atoms with Crippen molar-refractivity contribution in [1.29, 1.82) is 0 Å². The van der Waals surface area contributed by atoms with Gasteiger partial charge in [0.2, 0.25) is 0 Å². The van der Waals surface area contributed by atoms with Gasteiger partial charge in [-0.05, 0) is 29.8 Å². The zero-order chi connectivity index (χ0) is 13.1. The Kier molecular flexibility index (Phi) is 3.50. The van der Waals surface area contributed by atoms with Crippen LogP contribution in [0.2, 0.25) is 0 Å². The van der Waals surface area contributed by atoms with E-state index in [9.17, 15) is 0 Å². The predicted molar refractivity (Wildman–Crippen MR) is 77.6 cm³/mol. The summed E-state index contributed by atoms with van der Waals surface area (Å²) in [6.07, 6.45) is 4.33. The van der Waals surface area contributed by atoms with E-state index in [1.165, 1.54) is 4.70 Å². The third-order valence-electron chi connectivity index (χ3n) is 3.03. The first-order chi connectivity index (χ1) is 9.36. The normalized spacial score (nSPS) is 12.7. The van der Waals surface area contributed by atoms with Gasteiger partial charge < -0.3 is 0 Å². The number of thiazole rings is 1. The summed E-state index contributed by atoms with van der Waals surface area (Å²) in [4.78, 5) is 8.66. The number of pyridine rings is 1. The maximum Gasteiger partial charge on any atom is 0.0958 e. The molecule has 2 heterocycles.